The molecule has 6 nitrogen and oxygen atoms in total. The molecule has 2 aromatic heterocycles. The molecule has 0 aliphatic heterocycles. The molecule has 0 bridgehead atoms. The van der Waals surface area contributed by atoms with E-state index in [1.165, 1.54) is 24.5 Å². The van der Waals surface area contributed by atoms with Crippen LogP contribution in [0.3, 0.4) is 0 Å². The van der Waals surface area contributed by atoms with Gasteiger partial charge in [-0.1, -0.05) is 0 Å². The van der Waals surface area contributed by atoms with E-state index in [1.807, 2.05) is 0 Å². The van der Waals surface area contributed by atoms with E-state index in [1.54, 1.807) is 18.3 Å². The third kappa shape index (κ3) is 2.76. The normalized spacial score (nSPS) is 11.8. The van der Waals surface area contributed by atoms with Crippen LogP contribution in [0.1, 0.15) is 10.4 Å². The average Bonchev–Trinajstić information content (AvgIpc) is 2.40. The van der Waals surface area contributed by atoms with Gasteiger partial charge in [0.2, 0.25) is 0 Å². The van der Waals surface area contributed by atoms with Crippen molar-refractivity contribution >= 4 is 22.7 Å². The van der Waals surface area contributed by atoms with Gasteiger partial charge >= 0.3 is 0 Å². The van der Waals surface area contributed by atoms with Crippen LogP contribution in [0.15, 0.2) is 47.9 Å². The predicted molar refractivity (Wildman–Crippen MR) is 63.6 cm³/mol. The van der Waals surface area contributed by atoms with E-state index in [0.717, 1.165) is 0 Å². The van der Waals surface area contributed by atoms with Gasteiger partial charge in [-0.3, -0.25) is 14.0 Å². The maximum atomic E-state index is 11.8. The zero-order valence-corrected chi connectivity index (χ0v) is 9.89. The van der Waals surface area contributed by atoms with Crippen LogP contribution < -0.4 is 5.32 Å². The van der Waals surface area contributed by atoms with Gasteiger partial charge in [0.05, 0.1) is 11.3 Å². The first-order valence-corrected chi connectivity index (χ1v) is 6.01. The summed E-state index contributed by atoms with van der Waals surface area (Å²) < 4.78 is 21.8. The lowest BCUT2D eigenvalue weighted by atomic mass is 10.2. The van der Waals surface area contributed by atoms with E-state index < -0.39 is 17.0 Å². The Labute approximate surface area is 105 Å². The number of carbonyl (C=O) groups excluding carboxylic acids is 1. The first-order chi connectivity index (χ1) is 8.68. The highest BCUT2D eigenvalue weighted by atomic mass is 32.2. The Balaban J connectivity index is 2.25. The molecule has 0 aliphatic carbocycles. The Morgan fingerprint density at radius 2 is 2.06 bits per heavy atom. The van der Waals surface area contributed by atoms with E-state index in [0.29, 0.717) is 5.56 Å². The van der Waals surface area contributed by atoms with Gasteiger partial charge in [-0.25, -0.2) is 4.98 Å². The van der Waals surface area contributed by atoms with Crippen molar-refractivity contribution in [3.05, 3.63) is 48.4 Å². The van der Waals surface area contributed by atoms with Gasteiger partial charge < -0.3 is 9.87 Å². The molecule has 1 atom stereocenters. The molecule has 1 unspecified atom stereocenters. The molecule has 0 aromatic carbocycles. The molecule has 0 aliphatic rings. The first kappa shape index (κ1) is 12.3. The Bertz CT molecular complexity index is 589. The third-order valence-corrected chi connectivity index (χ3v) is 2.74. The smallest absolute Gasteiger partial charge is 0.257 e. The Morgan fingerprint density at radius 3 is 2.72 bits per heavy atom. The van der Waals surface area contributed by atoms with Gasteiger partial charge in [0.25, 0.3) is 5.91 Å². The van der Waals surface area contributed by atoms with Crippen LogP contribution in [-0.4, -0.2) is 24.6 Å². The molecule has 0 radical (unpaired) electrons. The molecule has 2 heterocycles. The topological polar surface area (TPSA) is 95.0 Å². The average molecular weight is 262 g/mol. The molecule has 0 fully saturated rings. The Kier molecular flexibility index (Phi) is 3.75. The Hall–Kier alpha value is -2.12. The molecule has 0 saturated carbocycles. The van der Waals surface area contributed by atoms with Gasteiger partial charge in [-0.15, -0.1) is 0 Å². The molecule has 1 amide bonds. The lowest BCUT2D eigenvalue weighted by molar-refractivity contribution is 0.102. The van der Waals surface area contributed by atoms with Gasteiger partial charge in [0.15, 0.2) is 0 Å². The highest BCUT2D eigenvalue weighted by molar-refractivity contribution is 7.79. The lowest BCUT2D eigenvalue weighted by Gasteiger charge is -2.11. The summed E-state index contributed by atoms with van der Waals surface area (Å²) in [6.45, 7) is 0. The van der Waals surface area contributed by atoms with Crippen molar-refractivity contribution in [3.8, 4) is 0 Å². The standard InChI is InChI=1S/C11H9N3O3S/c15-10(8-3-1-5-12-7-8)14-9-4-2-6-13-11(9)18(16)17/h1-7H,(H,14,15)(H,16,17)/p-1. The summed E-state index contributed by atoms with van der Waals surface area (Å²) in [6, 6.07) is 6.19. The molecule has 2 rings (SSSR count). The van der Waals surface area contributed by atoms with Crippen LogP contribution in [0, 0.1) is 0 Å². The van der Waals surface area contributed by atoms with E-state index >= 15 is 0 Å². The summed E-state index contributed by atoms with van der Waals surface area (Å²) in [4.78, 5) is 19.3. The van der Waals surface area contributed by atoms with E-state index in [-0.39, 0.29) is 10.7 Å². The second-order valence-corrected chi connectivity index (χ2v) is 4.14. The van der Waals surface area contributed by atoms with E-state index in [2.05, 4.69) is 15.3 Å². The number of hydrogen-bond acceptors (Lipinski definition) is 5. The Morgan fingerprint density at radius 1 is 1.28 bits per heavy atom. The number of rotatable bonds is 3. The fourth-order valence-electron chi connectivity index (χ4n) is 1.31. The summed E-state index contributed by atoms with van der Waals surface area (Å²) in [5, 5.41) is 2.27. The fourth-order valence-corrected chi connectivity index (χ4v) is 1.76. The number of nitrogens with one attached hydrogen (secondary N) is 1. The van der Waals surface area contributed by atoms with Crippen molar-refractivity contribution in [2.24, 2.45) is 0 Å². The number of pyridine rings is 2. The first-order valence-electron chi connectivity index (χ1n) is 4.94. The number of carbonyl (C=O) groups is 1. The van der Waals surface area contributed by atoms with Gasteiger partial charge in [-0.2, -0.15) is 0 Å². The van der Waals surface area contributed by atoms with Crippen LogP contribution in [0.4, 0.5) is 5.69 Å². The van der Waals surface area contributed by atoms with Crippen molar-refractivity contribution in [1.82, 2.24) is 9.97 Å². The minimum Gasteiger partial charge on any atom is -0.767 e. The molecule has 0 spiro atoms. The largest absolute Gasteiger partial charge is 0.767 e. The van der Waals surface area contributed by atoms with Gasteiger partial charge in [-0.05, 0) is 35.3 Å². The second-order valence-electron chi connectivity index (χ2n) is 3.29. The van der Waals surface area contributed by atoms with Gasteiger partial charge in [0, 0.05) is 18.6 Å². The molecule has 92 valence electrons. The molecular weight excluding hydrogens is 254 g/mol. The number of nitrogens with zero attached hydrogens (tertiary/aromatic N) is 2. The maximum absolute atomic E-state index is 11.8. The lowest BCUT2D eigenvalue weighted by Crippen LogP contribution is -2.14. The van der Waals surface area contributed by atoms with Crippen molar-refractivity contribution in [1.29, 1.82) is 0 Å². The van der Waals surface area contributed by atoms with Crippen molar-refractivity contribution in [2.45, 2.75) is 5.03 Å². The minimum atomic E-state index is -2.50. The van der Waals surface area contributed by atoms with E-state index in [9.17, 15) is 13.6 Å². The summed E-state index contributed by atoms with van der Waals surface area (Å²) in [5.41, 5.74) is 0.476. The summed E-state index contributed by atoms with van der Waals surface area (Å²) in [5.74, 6) is -0.442. The van der Waals surface area contributed by atoms with Crippen LogP contribution in [-0.2, 0) is 11.1 Å². The van der Waals surface area contributed by atoms with Crippen LogP contribution in [0.5, 0.6) is 0 Å². The number of aromatic nitrogens is 2. The summed E-state index contributed by atoms with van der Waals surface area (Å²) in [7, 11) is 0. The summed E-state index contributed by atoms with van der Waals surface area (Å²) in [6.07, 6.45) is 4.27. The van der Waals surface area contributed by atoms with E-state index in [4.69, 9.17) is 0 Å². The van der Waals surface area contributed by atoms with Gasteiger partial charge in [0.1, 0.15) is 5.03 Å². The molecular formula is C11H8N3O3S-. The van der Waals surface area contributed by atoms with Crippen LogP contribution in [0.2, 0.25) is 0 Å². The second kappa shape index (κ2) is 5.48. The number of hydrogen-bond donors (Lipinski definition) is 1. The van der Waals surface area contributed by atoms with Crippen LogP contribution in [0.25, 0.3) is 0 Å². The third-order valence-electron chi connectivity index (χ3n) is 2.10. The minimum absolute atomic E-state index is 0.139. The molecule has 18 heavy (non-hydrogen) atoms. The predicted octanol–water partition coefficient (Wildman–Crippen LogP) is 0.967. The summed E-state index contributed by atoms with van der Waals surface area (Å²) >= 11 is -2.50. The zero-order valence-electron chi connectivity index (χ0n) is 9.07. The highest BCUT2D eigenvalue weighted by Gasteiger charge is 2.09. The highest BCUT2D eigenvalue weighted by Crippen LogP contribution is 2.16. The van der Waals surface area contributed by atoms with Crippen molar-refractivity contribution in [2.75, 3.05) is 5.32 Å². The number of anilines is 1. The zero-order chi connectivity index (χ0) is 13.0. The molecule has 1 N–H and O–H groups in total. The molecule has 0 saturated heterocycles. The van der Waals surface area contributed by atoms with Crippen LogP contribution >= 0.6 is 0 Å². The monoisotopic (exact) mass is 262 g/mol. The SMILES string of the molecule is O=C(Nc1cccnc1S(=O)[O-])c1cccnc1. The quantitative estimate of drug-likeness (QED) is 0.831. The fraction of sp³-hybridized carbons (Fsp3) is 0. The number of amides is 1. The van der Waals surface area contributed by atoms with Crippen molar-refractivity contribution < 1.29 is 13.6 Å². The molecule has 7 heteroatoms. The maximum Gasteiger partial charge on any atom is 0.257 e. The molecule has 2 aromatic rings. The van der Waals surface area contributed by atoms with Crippen molar-refractivity contribution in [3.63, 3.8) is 0 Å².